The van der Waals surface area contributed by atoms with Gasteiger partial charge in [0, 0.05) is 46.6 Å². The van der Waals surface area contributed by atoms with Gasteiger partial charge in [-0.3, -0.25) is 9.78 Å². The van der Waals surface area contributed by atoms with Gasteiger partial charge < -0.3 is 10.2 Å². The SMILES string of the molecule is Cc1cc(C2CCN(C(=O)c3ccc(Nc4ccnc5cc(C(F)(F)F)ccc45)cc3)CC2)ccc1Cl. The normalized spacial score (nSPS) is 14.7. The minimum Gasteiger partial charge on any atom is -0.355 e. The molecule has 1 aliphatic heterocycles. The van der Waals surface area contributed by atoms with Crippen LogP contribution in [0, 0.1) is 6.92 Å². The molecule has 0 unspecified atom stereocenters. The fourth-order valence-electron chi connectivity index (χ4n) is 4.81. The minimum atomic E-state index is -4.42. The Morgan fingerprint density at radius 3 is 2.41 bits per heavy atom. The van der Waals surface area contributed by atoms with Crippen LogP contribution in [0.3, 0.4) is 0 Å². The van der Waals surface area contributed by atoms with Crippen molar-refractivity contribution in [1.29, 1.82) is 0 Å². The number of carbonyl (C=O) groups excluding carboxylic acids is 1. The fraction of sp³-hybridized carbons (Fsp3) is 0.241. The van der Waals surface area contributed by atoms with Crippen LogP contribution in [0.15, 0.2) is 72.9 Å². The zero-order valence-corrected chi connectivity index (χ0v) is 20.9. The summed E-state index contributed by atoms with van der Waals surface area (Å²) in [6.45, 7) is 3.38. The van der Waals surface area contributed by atoms with Crippen LogP contribution < -0.4 is 5.32 Å². The van der Waals surface area contributed by atoms with Crippen molar-refractivity contribution < 1.29 is 18.0 Å². The van der Waals surface area contributed by atoms with Crippen molar-refractivity contribution >= 4 is 39.8 Å². The molecule has 3 aromatic carbocycles. The van der Waals surface area contributed by atoms with E-state index in [1.807, 2.05) is 17.9 Å². The van der Waals surface area contributed by atoms with Gasteiger partial charge in [0.15, 0.2) is 0 Å². The molecule has 1 aliphatic rings. The summed E-state index contributed by atoms with van der Waals surface area (Å²) in [4.78, 5) is 19.1. The minimum absolute atomic E-state index is 0.00803. The Balaban J connectivity index is 1.24. The molecule has 4 nitrogen and oxygen atoms in total. The van der Waals surface area contributed by atoms with Gasteiger partial charge in [-0.05, 0) is 85.3 Å². The van der Waals surface area contributed by atoms with Gasteiger partial charge in [-0.1, -0.05) is 29.8 Å². The number of hydrogen-bond acceptors (Lipinski definition) is 3. The third-order valence-electron chi connectivity index (χ3n) is 6.92. The number of nitrogens with one attached hydrogen (secondary N) is 1. The Hall–Kier alpha value is -3.58. The van der Waals surface area contributed by atoms with Gasteiger partial charge in [0.2, 0.25) is 0 Å². The number of piperidine rings is 1. The summed E-state index contributed by atoms with van der Waals surface area (Å²) >= 11 is 6.16. The number of anilines is 2. The van der Waals surface area contributed by atoms with Crippen LogP contribution in [0.4, 0.5) is 24.5 Å². The number of carbonyl (C=O) groups is 1. The van der Waals surface area contributed by atoms with E-state index in [2.05, 4.69) is 22.4 Å². The second-order valence-electron chi connectivity index (χ2n) is 9.37. The molecular formula is C29H25ClF3N3O. The van der Waals surface area contributed by atoms with Crippen LogP contribution in [0.25, 0.3) is 10.9 Å². The summed E-state index contributed by atoms with van der Waals surface area (Å²) in [5, 5.41) is 4.57. The van der Waals surface area contributed by atoms with Crippen LogP contribution in [-0.2, 0) is 6.18 Å². The molecule has 0 radical (unpaired) electrons. The van der Waals surface area contributed by atoms with E-state index < -0.39 is 11.7 Å². The summed E-state index contributed by atoms with van der Waals surface area (Å²) in [6.07, 6.45) is -1.15. The molecule has 1 saturated heterocycles. The second-order valence-corrected chi connectivity index (χ2v) is 9.77. The Morgan fingerprint density at radius 2 is 1.73 bits per heavy atom. The quantitative estimate of drug-likeness (QED) is 0.295. The number of hydrogen-bond donors (Lipinski definition) is 1. The van der Waals surface area contributed by atoms with E-state index in [-0.39, 0.29) is 11.4 Å². The summed E-state index contributed by atoms with van der Waals surface area (Å²) in [5.74, 6) is 0.403. The van der Waals surface area contributed by atoms with Gasteiger partial charge in [-0.2, -0.15) is 13.2 Å². The smallest absolute Gasteiger partial charge is 0.355 e. The van der Waals surface area contributed by atoms with E-state index in [0.29, 0.717) is 35.6 Å². The highest BCUT2D eigenvalue weighted by molar-refractivity contribution is 6.31. The lowest BCUT2D eigenvalue weighted by Gasteiger charge is -2.32. The third-order valence-corrected chi connectivity index (χ3v) is 7.34. The number of rotatable bonds is 4. The molecule has 0 spiro atoms. The molecular weight excluding hydrogens is 499 g/mol. The molecule has 1 amide bonds. The lowest BCUT2D eigenvalue weighted by Crippen LogP contribution is -2.37. The van der Waals surface area contributed by atoms with E-state index in [0.717, 1.165) is 41.2 Å². The van der Waals surface area contributed by atoms with Crippen LogP contribution >= 0.6 is 11.6 Å². The highest BCUT2D eigenvalue weighted by atomic mass is 35.5. The number of pyridine rings is 1. The molecule has 190 valence electrons. The number of halogens is 4. The number of fused-ring (bicyclic) bond motifs is 1. The predicted molar refractivity (Wildman–Crippen MR) is 141 cm³/mol. The first-order valence-electron chi connectivity index (χ1n) is 12.1. The summed E-state index contributed by atoms with van der Waals surface area (Å²) in [7, 11) is 0. The van der Waals surface area contributed by atoms with Crippen molar-refractivity contribution in [2.24, 2.45) is 0 Å². The monoisotopic (exact) mass is 523 g/mol. The van der Waals surface area contributed by atoms with Crippen molar-refractivity contribution in [3.8, 4) is 0 Å². The molecule has 4 aromatic rings. The summed E-state index contributed by atoms with van der Waals surface area (Å²) in [6, 6.07) is 18.5. The van der Waals surface area contributed by atoms with Crippen LogP contribution in [0.2, 0.25) is 5.02 Å². The number of amides is 1. The molecule has 0 saturated carbocycles. The Labute approximate surface area is 218 Å². The molecule has 0 bridgehead atoms. The maximum atomic E-state index is 13.1. The molecule has 1 aromatic heterocycles. The van der Waals surface area contributed by atoms with Crippen LogP contribution in [0.1, 0.15) is 45.8 Å². The Morgan fingerprint density at radius 1 is 1.00 bits per heavy atom. The topological polar surface area (TPSA) is 45.2 Å². The Bertz CT molecular complexity index is 1450. The Kier molecular flexibility index (Phi) is 6.82. The summed E-state index contributed by atoms with van der Waals surface area (Å²) < 4.78 is 39.1. The molecule has 1 N–H and O–H groups in total. The first-order valence-corrected chi connectivity index (χ1v) is 12.5. The number of nitrogens with zero attached hydrogens (tertiary/aromatic N) is 2. The lowest BCUT2D eigenvalue weighted by atomic mass is 9.88. The van der Waals surface area contributed by atoms with Crippen molar-refractivity contribution in [2.75, 3.05) is 18.4 Å². The molecule has 37 heavy (non-hydrogen) atoms. The van der Waals surface area contributed by atoms with E-state index >= 15 is 0 Å². The summed E-state index contributed by atoms with van der Waals surface area (Å²) in [5.41, 5.74) is 3.81. The molecule has 1 fully saturated rings. The van der Waals surface area contributed by atoms with Gasteiger partial charge in [0.05, 0.1) is 11.1 Å². The van der Waals surface area contributed by atoms with E-state index in [4.69, 9.17) is 11.6 Å². The second kappa shape index (κ2) is 10.1. The molecule has 8 heteroatoms. The van der Waals surface area contributed by atoms with Gasteiger partial charge >= 0.3 is 6.18 Å². The maximum absolute atomic E-state index is 13.1. The molecule has 2 heterocycles. The first kappa shape index (κ1) is 25.1. The predicted octanol–water partition coefficient (Wildman–Crippen LogP) is 7.98. The number of likely N-dealkylation sites (tertiary alicyclic amines) is 1. The van der Waals surface area contributed by atoms with E-state index in [1.54, 1.807) is 30.3 Å². The lowest BCUT2D eigenvalue weighted by molar-refractivity contribution is -0.137. The number of alkyl halides is 3. The van der Waals surface area contributed by atoms with Gasteiger partial charge in [-0.15, -0.1) is 0 Å². The third kappa shape index (κ3) is 5.42. The van der Waals surface area contributed by atoms with E-state index in [1.165, 1.54) is 17.8 Å². The largest absolute Gasteiger partial charge is 0.416 e. The average Bonchev–Trinajstić information content (AvgIpc) is 2.90. The molecule has 0 aliphatic carbocycles. The van der Waals surface area contributed by atoms with Crippen LogP contribution in [-0.4, -0.2) is 28.9 Å². The van der Waals surface area contributed by atoms with Gasteiger partial charge in [0.1, 0.15) is 0 Å². The fourth-order valence-corrected chi connectivity index (χ4v) is 4.92. The maximum Gasteiger partial charge on any atom is 0.416 e. The molecule has 0 atom stereocenters. The van der Waals surface area contributed by atoms with Crippen molar-refractivity contribution in [3.05, 3.63) is 100 Å². The standard InChI is InChI=1S/C29H25ClF3N3O/c1-18-16-21(4-9-25(18)30)19-11-14-36(15-12-19)28(37)20-2-6-23(7-3-20)35-26-10-13-34-27-17-22(29(31,32)33)5-8-24(26)27/h2-10,13,16-17,19H,11-12,14-15H2,1H3,(H,34,35). The van der Waals surface area contributed by atoms with Crippen molar-refractivity contribution in [2.45, 2.75) is 31.9 Å². The van der Waals surface area contributed by atoms with Crippen LogP contribution in [0.5, 0.6) is 0 Å². The highest BCUT2D eigenvalue weighted by Crippen LogP contribution is 2.34. The highest BCUT2D eigenvalue weighted by Gasteiger charge is 2.30. The number of aryl methyl sites for hydroxylation is 1. The number of benzene rings is 3. The van der Waals surface area contributed by atoms with Gasteiger partial charge in [-0.25, -0.2) is 0 Å². The first-order chi connectivity index (χ1) is 17.7. The van der Waals surface area contributed by atoms with Crippen molar-refractivity contribution in [1.82, 2.24) is 9.88 Å². The van der Waals surface area contributed by atoms with E-state index in [9.17, 15) is 18.0 Å². The van der Waals surface area contributed by atoms with Gasteiger partial charge in [0.25, 0.3) is 5.91 Å². The zero-order valence-electron chi connectivity index (χ0n) is 20.1. The average molecular weight is 524 g/mol. The van der Waals surface area contributed by atoms with Crippen molar-refractivity contribution in [3.63, 3.8) is 0 Å². The number of aromatic nitrogens is 1. The molecule has 5 rings (SSSR count). The zero-order chi connectivity index (χ0) is 26.2.